The van der Waals surface area contributed by atoms with Crippen molar-refractivity contribution in [1.82, 2.24) is 9.62 Å². The average molecular weight is 377 g/mol. The second-order valence-electron chi connectivity index (χ2n) is 5.50. The number of halogens is 1. The van der Waals surface area contributed by atoms with E-state index < -0.39 is 21.9 Å². The number of anilines is 1. The topological polar surface area (TPSA) is 78.5 Å². The van der Waals surface area contributed by atoms with Gasteiger partial charge in [0.2, 0.25) is 10.0 Å². The zero-order valence-electron chi connectivity index (χ0n) is 14.3. The maximum absolute atomic E-state index is 13.5. The molecule has 26 heavy (non-hydrogen) atoms. The summed E-state index contributed by atoms with van der Waals surface area (Å²) in [5.74, 6) is -0.397. The van der Waals surface area contributed by atoms with Gasteiger partial charge in [0, 0.05) is 31.4 Å². The molecule has 6 nitrogen and oxygen atoms in total. The first-order valence-electron chi connectivity index (χ1n) is 7.80. The van der Waals surface area contributed by atoms with Crippen molar-refractivity contribution in [2.24, 2.45) is 0 Å². The summed E-state index contributed by atoms with van der Waals surface area (Å²) >= 11 is 0. The lowest BCUT2D eigenvalue weighted by molar-refractivity contribution is 0.251. The third kappa shape index (κ3) is 4.90. The first kappa shape index (κ1) is 19.6. The van der Waals surface area contributed by atoms with Crippen LogP contribution in [0.2, 0.25) is 0 Å². The monoisotopic (exact) mass is 377 g/mol. The van der Waals surface area contributed by atoms with Crippen molar-refractivity contribution in [2.45, 2.75) is 11.4 Å². The molecule has 8 heteroatoms. The summed E-state index contributed by atoms with van der Waals surface area (Å²) in [6.07, 6.45) is 1.49. The largest absolute Gasteiger partial charge is 0.334 e. The van der Waals surface area contributed by atoms with Crippen molar-refractivity contribution in [3.8, 4) is 0 Å². The second kappa shape index (κ2) is 8.59. The highest BCUT2D eigenvalue weighted by atomic mass is 32.2. The Morgan fingerprint density at radius 3 is 2.46 bits per heavy atom. The van der Waals surface area contributed by atoms with Gasteiger partial charge in [-0.3, -0.25) is 0 Å². The van der Waals surface area contributed by atoms with E-state index in [-0.39, 0.29) is 18.0 Å². The van der Waals surface area contributed by atoms with Gasteiger partial charge in [-0.1, -0.05) is 24.3 Å². The van der Waals surface area contributed by atoms with E-state index in [0.717, 1.165) is 0 Å². The molecule has 0 aliphatic rings. The zero-order valence-corrected chi connectivity index (χ0v) is 15.1. The van der Waals surface area contributed by atoms with Crippen LogP contribution in [0.15, 0.2) is 66.1 Å². The molecule has 0 saturated heterocycles. The van der Waals surface area contributed by atoms with Crippen LogP contribution < -0.4 is 10.6 Å². The van der Waals surface area contributed by atoms with Crippen molar-refractivity contribution in [2.75, 3.05) is 18.9 Å². The number of carbonyl (C=O) groups excluding carboxylic acids is 1. The molecule has 2 amide bonds. The molecule has 0 heterocycles. The molecule has 2 aromatic carbocycles. The lowest BCUT2D eigenvalue weighted by Crippen LogP contribution is -2.28. The molecule has 0 aliphatic heterocycles. The van der Waals surface area contributed by atoms with E-state index in [1.165, 1.54) is 47.8 Å². The predicted molar refractivity (Wildman–Crippen MR) is 98.7 cm³/mol. The van der Waals surface area contributed by atoms with E-state index in [1.54, 1.807) is 18.2 Å². The molecule has 0 radical (unpaired) electrons. The Morgan fingerprint density at radius 1 is 1.19 bits per heavy atom. The summed E-state index contributed by atoms with van der Waals surface area (Å²) in [5.41, 5.74) is 0.788. The van der Waals surface area contributed by atoms with Gasteiger partial charge < -0.3 is 10.6 Å². The third-order valence-electron chi connectivity index (χ3n) is 3.60. The van der Waals surface area contributed by atoms with Gasteiger partial charge in [0.15, 0.2) is 0 Å². The molecule has 0 aliphatic carbocycles. The minimum atomic E-state index is -3.61. The van der Waals surface area contributed by atoms with Crippen molar-refractivity contribution in [3.63, 3.8) is 0 Å². The first-order chi connectivity index (χ1) is 12.3. The van der Waals surface area contributed by atoms with Crippen LogP contribution in [0.25, 0.3) is 0 Å². The number of nitrogens with zero attached hydrogens (tertiary/aromatic N) is 1. The summed E-state index contributed by atoms with van der Waals surface area (Å²) in [7, 11) is -2.15. The number of nitrogens with one attached hydrogen (secondary N) is 2. The normalized spacial score (nSPS) is 11.2. The van der Waals surface area contributed by atoms with E-state index in [2.05, 4.69) is 17.2 Å². The molecular weight excluding hydrogens is 357 g/mol. The molecular formula is C18H20FN3O3S. The molecule has 2 aromatic rings. The predicted octanol–water partition coefficient (Wildman–Crippen LogP) is 2.95. The maximum atomic E-state index is 13.5. The molecule has 0 aromatic heterocycles. The Balaban J connectivity index is 1.97. The van der Waals surface area contributed by atoms with Crippen LogP contribution in [0, 0.1) is 5.82 Å². The number of rotatable bonds is 7. The van der Waals surface area contributed by atoms with Crippen molar-refractivity contribution in [3.05, 3.63) is 72.6 Å². The first-order valence-corrected chi connectivity index (χ1v) is 9.24. The van der Waals surface area contributed by atoms with Crippen LogP contribution >= 0.6 is 0 Å². The number of likely N-dealkylation sites (N-methyl/N-ethyl adjacent to an activating group) is 1. The molecule has 0 bridgehead atoms. The summed E-state index contributed by atoms with van der Waals surface area (Å²) in [6.45, 7) is 3.75. The second-order valence-corrected chi connectivity index (χ2v) is 7.54. The Labute approximate surface area is 152 Å². The molecule has 0 saturated carbocycles. The zero-order chi connectivity index (χ0) is 19.2. The van der Waals surface area contributed by atoms with Gasteiger partial charge >= 0.3 is 6.03 Å². The molecule has 2 N–H and O–H groups in total. The highest BCUT2D eigenvalue weighted by Gasteiger charge is 2.19. The fourth-order valence-electron chi connectivity index (χ4n) is 2.16. The molecule has 0 spiro atoms. The molecule has 0 atom stereocenters. The van der Waals surface area contributed by atoms with Crippen molar-refractivity contribution in [1.29, 1.82) is 0 Å². The highest BCUT2D eigenvalue weighted by Crippen LogP contribution is 2.17. The molecule has 138 valence electrons. The fraction of sp³-hybridized carbons (Fsp3) is 0.167. The number of benzene rings is 2. The molecule has 0 unspecified atom stereocenters. The quantitative estimate of drug-likeness (QED) is 0.728. The molecule has 2 rings (SSSR count). The molecule has 0 fully saturated rings. The van der Waals surface area contributed by atoms with Gasteiger partial charge in [0.05, 0.1) is 4.90 Å². The van der Waals surface area contributed by atoms with Crippen LogP contribution in [-0.4, -0.2) is 32.3 Å². The lowest BCUT2D eigenvalue weighted by Gasteiger charge is -2.15. The summed E-state index contributed by atoms with van der Waals surface area (Å²) in [6, 6.07) is 11.4. The van der Waals surface area contributed by atoms with Crippen LogP contribution in [0.1, 0.15) is 5.56 Å². The Kier molecular flexibility index (Phi) is 6.48. The van der Waals surface area contributed by atoms with Crippen LogP contribution in [0.4, 0.5) is 14.9 Å². The van der Waals surface area contributed by atoms with Gasteiger partial charge in [-0.25, -0.2) is 17.6 Å². The maximum Gasteiger partial charge on any atom is 0.319 e. The van der Waals surface area contributed by atoms with Gasteiger partial charge in [-0.15, -0.1) is 6.58 Å². The number of carbonyl (C=O) groups is 1. The number of hydrogen-bond acceptors (Lipinski definition) is 3. The summed E-state index contributed by atoms with van der Waals surface area (Å²) < 4.78 is 39.3. The number of amides is 2. The number of hydrogen-bond donors (Lipinski definition) is 2. The van der Waals surface area contributed by atoms with Crippen LogP contribution in [0.3, 0.4) is 0 Å². The van der Waals surface area contributed by atoms with Crippen LogP contribution in [-0.2, 0) is 16.6 Å². The van der Waals surface area contributed by atoms with E-state index in [1.807, 2.05) is 0 Å². The average Bonchev–Trinajstić information content (AvgIpc) is 2.61. The van der Waals surface area contributed by atoms with Gasteiger partial charge in [-0.2, -0.15) is 4.31 Å². The minimum absolute atomic E-state index is 0.0390. The fourth-order valence-corrected chi connectivity index (χ4v) is 3.30. The Hall–Kier alpha value is -2.71. The lowest BCUT2D eigenvalue weighted by atomic mass is 10.2. The van der Waals surface area contributed by atoms with E-state index in [9.17, 15) is 17.6 Å². The number of urea groups is 1. The SMILES string of the molecule is C=CCN(C)S(=O)(=O)c1ccc(NC(=O)NCc2ccccc2F)cc1. The summed E-state index contributed by atoms with van der Waals surface area (Å²) in [5, 5.41) is 5.11. The van der Waals surface area contributed by atoms with Gasteiger partial charge in [0.1, 0.15) is 5.82 Å². The smallest absolute Gasteiger partial charge is 0.319 e. The van der Waals surface area contributed by atoms with E-state index in [0.29, 0.717) is 11.3 Å². The Bertz CT molecular complexity index is 883. The minimum Gasteiger partial charge on any atom is -0.334 e. The van der Waals surface area contributed by atoms with Crippen LogP contribution in [0.5, 0.6) is 0 Å². The Morgan fingerprint density at radius 2 is 1.85 bits per heavy atom. The van der Waals surface area contributed by atoms with Gasteiger partial charge in [-0.05, 0) is 30.3 Å². The third-order valence-corrected chi connectivity index (χ3v) is 5.44. The van der Waals surface area contributed by atoms with E-state index in [4.69, 9.17) is 0 Å². The summed E-state index contributed by atoms with van der Waals surface area (Å²) in [4.78, 5) is 12.0. The van der Waals surface area contributed by atoms with Crippen molar-refractivity contribution < 1.29 is 17.6 Å². The van der Waals surface area contributed by atoms with Gasteiger partial charge in [0.25, 0.3) is 0 Å². The number of sulfonamides is 1. The standard InChI is InChI=1S/C18H20FN3O3S/c1-3-12-22(2)26(24,25)16-10-8-15(9-11-16)21-18(23)20-13-14-6-4-5-7-17(14)19/h3-11H,1,12-13H2,2H3,(H2,20,21,23). The van der Waals surface area contributed by atoms with Crippen molar-refractivity contribution >= 4 is 21.7 Å². The van der Waals surface area contributed by atoms with E-state index >= 15 is 0 Å². The highest BCUT2D eigenvalue weighted by molar-refractivity contribution is 7.89.